The van der Waals surface area contributed by atoms with Gasteiger partial charge in [-0.1, -0.05) is 52.3 Å². The maximum atomic E-state index is 11.8. The Morgan fingerprint density at radius 1 is 0.839 bits per heavy atom. The van der Waals surface area contributed by atoms with E-state index in [0.29, 0.717) is 6.54 Å². The molecule has 31 heavy (non-hydrogen) atoms. The average molecular weight is 482 g/mol. The summed E-state index contributed by atoms with van der Waals surface area (Å²) >= 11 is 3.47. The lowest BCUT2D eigenvalue weighted by Gasteiger charge is -2.19. The molecule has 6 heteroatoms. The number of amides is 1. The SMILES string of the molecule is CC(C)(C)OC(=O)NCc1ccc(Nc2ccccc2NCc2ccc(Br)cc2)cc1. The molecule has 3 aromatic rings. The Hall–Kier alpha value is -2.99. The Bertz CT molecular complexity index is 997. The van der Waals surface area contributed by atoms with Crippen molar-refractivity contribution in [3.05, 3.63) is 88.4 Å². The van der Waals surface area contributed by atoms with E-state index >= 15 is 0 Å². The fourth-order valence-corrected chi connectivity index (χ4v) is 3.16. The summed E-state index contributed by atoms with van der Waals surface area (Å²) in [6.45, 7) is 6.69. The molecule has 0 spiro atoms. The summed E-state index contributed by atoms with van der Waals surface area (Å²) in [5.74, 6) is 0. The zero-order valence-corrected chi connectivity index (χ0v) is 19.6. The second-order valence-electron chi connectivity index (χ2n) is 8.20. The van der Waals surface area contributed by atoms with Gasteiger partial charge in [0.15, 0.2) is 0 Å². The number of benzene rings is 3. The van der Waals surface area contributed by atoms with E-state index in [1.165, 1.54) is 5.56 Å². The van der Waals surface area contributed by atoms with Gasteiger partial charge in [0.25, 0.3) is 0 Å². The van der Waals surface area contributed by atoms with E-state index < -0.39 is 11.7 Å². The van der Waals surface area contributed by atoms with Gasteiger partial charge in [-0.3, -0.25) is 0 Å². The molecule has 0 bridgehead atoms. The zero-order chi connectivity index (χ0) is 22.3. The number of nitrogens with one attached hydrogen (secondary N) is 3. The van der Waals surface area contributed by atoms with Crippen LogP contribution in [0.1, 0.15) is 31.9 Å². The van der Waals surface area contributed by atoms with Gasteiger partial charge in [0, 0.05) is 23.2 Å². The van der Waals surface area contributed by atoms with E-state index in [-0.39, 0.29) is 0 Å². The van der Waals surface area contributed by atoms with Crippen molar-refractivity contribution in [2.24, 2.45) is 0 Å². The van der Waals surface area contributed by atoms with Crippen LogP contribution in [0.2, 0.25) is 0 Å². The molecule has 0 fully saturated rings. The second-order valence-corrected chi connectivity index (χ2v) is 9.12. The van der Waals surface area contributed by atoms with Gasteiger partial charge in [0.2, 0.25) is 0 Å². The van der Waals surface area contributed by atoms with E-state index in [2.05, 4.69) is 50.1 Å². The smallest absolute Gasteiger partial charge is 0.407 e. The summed E-state index contributed by atoms with van der Waals surface area (Å²) in [7, 11) is 0. The van der Waals surface area contributed by atoms with E-state index in [1.807, 2.05) is 75.4 Å². The lowest BCUT2D eigenvalue weighted by molar-refractivity contribution is 0.0523. The highest BCUT2D eigenvalue weighted by Crippen LogP contribution is 2.26. The molecule has 0 unspecified atom stereocenters. The van der Waals surface area contributed by atoms with Crippen LogP contribution in [0.15, 0.2) is 77.3 Å². The van der Waals surface area contributed by atoms with Crippen LogP contribution < -0.4 is 16.0 Å². The number of hydrogen-bond donors (Lipinski definition) is 3. The number of alkyl carbamates (subject to hydrolysis) is 1. The Morgan fingerprint density at radius 2 is 1.42 bits per heavy atom. The predicted molar refractivity (Wildman–Crippen MR) is 131 cm³/mol. The Labute approximate surface area is 192 Å². The molecular formula is C25H28BrN3O2. The fraction of sp³-hybridized carbons (Fsp3) is 0.240. The summed E-state index contributed by atoms with van der Waals surface area (Å²) < 4.78 is 6.34. The Morgan fingerprint density at radius 3 is 2.06 bits per heavy atom. The molecule has 5 nitrogen and oxygen atoms in total. The predicted octanol–water partition coefficient (Wildman–Crippen LogP) is 6.83. The normalized spacial score (nSPS) is 11.0. The maximum absolute atomic E-state index is 11.8. The molecular weight excluding hydrogens is 454 g/mol. The third-order valence-corrected chi connectivity index (χ3v) is 4.92. The fourth-order valence-electron chi connectivity index (χ4n) is 2.90. The number of carbonyl (C=O) groups is 1. The van der Waals surface area contributed by atoms with Gasteiger partial charge >= 0.3 is 6.09 Å². The number of anilines is 3. The van der Waals surface area contributed by atoms with Gasteiger partial charge in [-0.05, 0) is 68.3 Å². The quantitative estimate of drug-likeness (QED) is 0.346. The minimum absolute atomic E-state index is 0.416. The number of carbonyl (C=O) groups excluding carboxylic acids is 1. The first-order valence-corrected chi connectivity index (χ1v) is 11.0. The highest BCUT2D eigenvalue weighted by atomic mass is 79.9. The van der Waals surface area contributed by atoms with Crippen LogP contribution >= 0.6 is 15.9 Å². The third kappa shape index (κ3) is 7.64. The van der Waals surface area contributed by atoms with Gasteiger partial charge in [0.1, 0.15) is 5.60 Å². The molecule has 0 aliphatic rings. The monoisotopic (exact) mass is 481 g/mol. The highest BCUT2D eigenvalue weighted by Gasteiger charge is 2.15. The lowest BCUT2D eigenvalue weighted by atomic mass is 10.2. The van der Waals surface area contributed by atoms with E-state index in [9.17, 15) is 4.79 Å². The van der Waals surface area contributed by atoms with Crippen molar-refractivity contribution in [3.63, 3.8) is 0 Å². The minimum atomic E-state index is -0.503. The van der Waals surface area contributed by atoms with Crippen molar-refractivity contribution < 1.29 is 9.53 Å². The van der Waals surface area contributed by atoms with E-state index in [4.69, 9.17) is 4.74 Å². The largest absolute Gasteiger partial charge is 0.444 e. The summed E-state index contributed by atoms with van der Waals surface area (Å²) in [5.41, 5.74) is 4.70. The number of para-hydroxylation sites is 2. The topological polar surface area (TPSA) is 62.4 Å². The number of ether oxygens (including phenoxy) is 1. The summed E-state index contributed by atoms with van der Waals surface area (Å²) in [5, 5.41) is 9.73. The van der Waals surface area contributed by atoms with Crippen molar-refractivity contribution in [3.8, 4) is 0 Å². The van der Waals surface area contributed by atoms with E-state index in [1.54, 1.807) is 0 Å². The Kier molecular flexibility index (Phi) is 7.58. The summed E-state index contributed by atoms with van der Waals surface area (Å²) in [4.78, 5) is 11.8. The molecule has 1 amide bonds. The highest BCUT2D eigenvalue weighted by molar-refractivity contribution is 9.10. The van der Waals surface area contributed by atoms with Crippen LogP contribution in [0.25, 0.3) is 0 Å². The second kappa shape index (κ2) is 10.4. The molecule has 0 aliphatic carbocycles. The van der Waals surface area contributed by atoms with E-state index in [0.717, 1.165) is 33.6 Å². The molecule has 3 rings (SSSR count). The van der Waals surface area contributed by atoms with Crippen LogP contribution in [-0.4, -0.2) is 11.7 Å². The molecule has 0 aliphatic heterocycles. The first-order chi connectivity index (χ1) is 14.8. The maximum Gasteiger partial charge on any atom is 0.407 e. The summed E-state index contributed by atoms with van der Waals surface area (Å²) in [6.07, 6.45) is -0.416. The molecule has 3 N–H and O–H groups in total. The molecule has 0 saturated heterocycles. The number of rotatable bonds is 7. The van der Waals surface area contributed by atoms with Gasteiger partial charge in [-0.25, -0.2) is 4.79 Å². The van der Waals surface area contributed by atoms with Gasteiger partial charge in [-0.2, -0.15) is 0 Å². The van der Waals surface area contributed by atoms with Crippen molar-refractivity contribution in [2.75, 3.05) is 10.6 Å². The summed E-state index contributed by atoms with van der Waals surface area (Å²) in [6, 6.07) is 24.4. The van der Waals surface area contributed by atoms with Gasteiger partial charge in [0.05, 0.1) is 11.4 Å². The molecule has 0 aromatic heterocycles. The molecule has 0 atom stereocenters. The standard InChI is InChI=1S/C25H28BrN3O2/c1-25(2,3)31-24(30)28-17-19-10-14-21(15-11-19)29-23-7-5-4-6-22(23)27-16-18-8-12-20(26)13-9-18/h4-15,27,29H,16-17H2,1-3H3,(H,28,30). The van der Waals surface area contributed by atoms with Crippen molar-refractivity contribution in [2.45, 2.75) is 39.5 Å². The van der Waals surface area contributed by atoms with Crippen molar-refractivity contribution in [1.82, 2.24) is 5.32 Å². The van der Waals surface area contributed by atoms with Crippen LogP contribution in [0.3, 0.4) is 0 Å². The van der Waals surface area contributed by atoms with Crippen LogP contribution in [0.5, 0.6) is 0 Å². The van der Waals surface area contributed by atoms with Crippen LogP contribution in [-0.2, 0) is 17.8 Å². The molecule has 0 radical (unpaired) electrons. The molecule has 3 aromatic carbocycles. The number of hydrogen-bond acceptors (Lipinski definition) is 4. The van der Waals surface area contributed by atoms with Gasteiger partial charge in [-0.15, -0.1) is 0 Å². The first-order valence-electron chi connectivity index (χ1n) is 10.2. The first kappa shape index (κ1) is 22.7. The van der Waals surface area contributed by atoms with Crippen molar-refractivity contribution >= 4 is 39.1 Å². The molecule has 0 heterocycles. The van der Waals surface area contributed by atoms with Gasteiger partial charge < -0.3 is 20.7 Å². The lowest BCUT2D eigenvalue weighted by Crippen LogP contribution is -2.32. The van der Waals surface area contributed by atoms with Crippen LogP contribution in [0.4, 0.5) is 21.9 Å². The Balaban J connectivity index is 1.57. The number of halogens is 1. The molecule has 0 saturated carbocycles. The third-order valence-electron chi connectivity index (χ3n) is 4.39. The van der Waals surface area contributed by atoms with Crippen LogP contribution in [0, 0.1) is 0 Å². The minimum Gasteiger partial charge on any atom is -0.444 e. The molecule has 162 valence electrons. The zero-order valence-electron chi connectivity index (χ0n) is 18.0. The average Bonchev–Trinajstić information content (AvgIpc) is 2.72. The van der Waals surface area contributed by atoms with Crippen molar-refractivity contribution in [1.29, 1.82) is 0 Å².